The van der Waals surface area contributed by atoms with E-state index in [1.807, 2.05) is 26.0 Å². The van der Waals surface area contributed by atoms with Crippen LogP contribution in [-0.4, -0.2) is 5.78 Å². The fourth-order valence-corrected chi connectivity index (χ4v) is 0.923. The molecule has 13 heavy (non-hydrogen) atoms. The van der Waals surface area contributed by atoms with Gasteiger partial charge >= 0.3 is 0 Å². The number of carbonyl (C=O) groups excluding carboxylic acids is 1. The summed E-state index contributed by atoms with van der Waals surface area (Å²) in [5.74, 6) is 0.176. The van der Waals surface area contributed by atoms with E-state index in [0.29, 0.717) is 6.42 Å². The summed E-state index contributed by atoms with van der Waals surface area (Å²) in [4.78, 5) is 10.7. The molecule has 2 heteroatoms. The summed E-state index contributed by atoms with van der Waals surface area (Å²) >= 11 is 0. The number of anilines is 1. The Morgan fingerprint density at radius 3 is 2.08 bits per heavy atom. The van der Waals surface area contributed by atoms with Crippen molar-refractivity contribution >= 4 is 11.5 Å². The van der Waals surface area contributed by atoms with Crippen LogP contribution in [0.5, 0.6) is 0 Å². The van der Waals surface area contributed by atoms with Crippen LogP contribution in [0.1, 0.15) is 26.3 Å². The molecule has 2 nitrogen and oxygen atoms in total. The average molecular weight is 179 g/mol. The minimum atomic E-state index is 0.176. The molecule has 0 unspecified atom stereocenters. The molecule has 2 N–H and O–H groups in total. The monoisotopic (exact) mass is 179 g/mol. The molecular formula is C11H17NO. The number of hydrogen-bond acceptors (Lipinski definition) is 2. The number of benzene rings is 1. The second kappa shape index (κ2) is 6.23. The lowest BCUT2D eigenvalue weighted by Crippen LogP contribution is -1.96. The average Bonchev–Trinajstić information content (AvgIpc) is 2.12. The van der Waals surface area contributed by atoms with Crippen molar-refractivity contribution in [3.05, 3.63) is 29.8 Å². The Hall–Kier alpha value is -1.31. The van der Waals surface area contributed by atoms with Gasteiger partial charge in [0, 0.05) is 12.1 Å². The molecule has 0 aliphatic heterocycles. The first kappa shape index (κ1) is 11.7. The van der Waals surface area contributed by atoms with E-state index in [0.717, 1.165) is 11.3 Å². The van der Waals surface area contributed by atoms with Crippen molar-refractivity contribution in [1.82, 2.24) is 0 Å². The second-order valence-corrected chi connectivity index (χ2v) is 2.62. The van der Waals surface area contributed by atoms with E-state index >= 15 is 0 Å². The Bertz CT molecular complexity index is 251. The lowest BCUT2D eigenvalue weighted by atomic mass is 10.1. The van der Waals surface area contributed by atoms with Crippen molar-refractivity contribution < 1.29 is 4.79 Å². The highest BCUT2D eigenvalue weighted by atomic mass is 16.1. The van der Waals surface area contributed by atoms with E-state index in [4.69, 9.17) is 5.73 Å². The number of carbonyl (C=O) groups is 1. The maximum atomic E-state index is 10.7. The van der Waals surface area contributed by atoms with E-state index in [1.54, 1.807) is 19.1 Å². The maximum absolute atomic E-state index is 10.7. The number of hydrogen-bond donors (Lipinski definition) is 1. The number of Topliss-reactive ketones (excluding diaryl/α,β-unsaturated/α-hetero) is 1. The van der Waals surface area contributed by atoms with Crippen molar-refractivity contribution in [3.8, 4) is 0 Å². The van der Waals surface area contributed by atoms with Crippen LogP contribution in [0.25, 0.3) is 0 Å². The van der Waals surface area contributed by atoms with Crippen LogP contribution in [0.4, 0.5) is 5.69 Å². The van der Waals surface area contributed by atoms with E-state index in [1.165, 1.54) is 0 Å². The number of nitrogen functional groups attached to an aromatic ring is 1. The number of ketones is 1. The fourth-order valence-electron chi connectivity index (χ4n) is 0.923. The molecule has 0 amide bonds. The first-order valence-corrected chi connectivity index (χ1v) is 4.52. The van der Waals surface area contributed by atoms with Gasteiger partial charge in [-0.2, -0.15) is 0 Å². The highest BCUT2D eigenvalue weighted by Crippen LogP contribution is 2.05. The van der Waals surface area contributed by atoms with Crippen molar-refractivity contribution in [2.75, 3.05) is 5.73 Å². The van der Waals surface area contributed by atoms with E-state index < -0.39 is 0 Å². The van der Waals surface area contributed by atoms with Crippen LogP contribution in [0.2, 0.25) is 0 Å². The van der Waals surface area contributed by atoms with Crippen molar-refractivity contribution in [2.45, 2.75) is 27.2 Å². The standard InChI is InChI=1S/C9H11NO.C2H6/c1-7(11)6-8-2-4-9(10)5-3-8;1-2/h2-5H,6,10H2,1H3;1-2H3. The third kappa shape index (κ3) is 5.01. The molecule has 0 atom stereocenters. The summed E-state index contributed by atoms with van der Waals surface area (Å²) in [7, 11) is 0. The van der Waals surface area contributed by atoms with Crippen molar-refractivity contribution in [3.63, 3.8) is 0 Å². The third-order valence-electron chi connectivity index (χ3n) is 1.43. The third-order valence-corrected chi connectivity index (χ3v) is 1.43. The smallest absolute Gasteiger partial charge is 0.134 e. The van der Waals surface area contributed by atoms with E-state index in [9.17, 15) is 4.79 Å². The van der Waals surface area contributed by atoms with Crippen molar-refractivity contribution in [1.29, 1.82) is 0 Å². The Morgan fingerprint density at radius 2 is 1.69 bits per heavy atom. The fraction of sp³-hybridized carbons (Fsp3) is 0.364. The van der Waals surface area contributed by atoms with Gasteiger partial charge in [-0.3, -0.25) is 4.79 Å². The molecule has 0 spiro atoms. The minimum absolute atomic E-state index is 0.176. The van der Waals surface area contributed by atoms with Gasteiger partial charge in [-0.1, -0.05) is 26.0 Å². The highest BCUT2D eigenvalue weighted by Gasteiger charge is 1.95. The number of rotatable bonds is 2. The molecule has 1 aromatic rings. The SMILES string of the molecule is CC.CC(=O)Cc1ccc(N)cc1. The van der Waals surface area contributed by atoms with Gasteiger partial charge in [-0.25, -0.2) is 0 Å². The molecule has 0 heterocycles. The molecule has 72 valence electrons. The molecular weight excluding hydrogens is 162 g/mol. The predicted octanol–water partition coefficient (Wildman–Crippen LogP) is 2.43. The van der Waals surface area contributed by atoms with Gasteiger partial charge in [0.05, 0.1) is 0 Å². The molecule has 0 aliphatic carbocycles. The summed E-state index contributed by atoms with van der Waals surface area (Å²) in [5, 5.41) is 0. The van der Waals surface area contributed by atoms with Gasteiger partial charge in [-0.05, 0) is 24.6 Å². The van der Waals surface area contributed by atoms with Crippen LogP contribution in [0.3, 0.4) is 0 Å². The number of nitrogens with two attached hydrogens (primary N) is 1. The van der Waals surface area contributed by atoms with Crippen molar-refractivity contribution in [2.24, 2.45) is 0 Å². The lowest BCUT2D eigenvalue weighted by molar-refractivity contribution is -0.116. The quantitative estimate of drug-likeness (QED) is 0.708. The predicted molar refractivity (Wildman–Crippen MR) is 56.6 cm³/mol. The van der Waals surface area contributed by atoms with E-state index in [-0.39, 0.29) is 5.78 Å². The highest BCUT2D eigenvalue weighted by molar-refractivity contribution is 5.78. The van der Waals surface area contributed by atoms with E-state index in [2.05, 4.69) is 0 Å². The molecule has 0 aromatic heterocycles. The summed E-state index contributed by atoms with van der Waals surface area (Å²) in [6, 6.07) is 7.35. The van der Waals surface area contributed by atoms with Gasteiger partial charge in [0.2, 0.25) is 0 Å². The van der Waals surface area contributed by atoms with Crippen LogP contribution in [0.15, 0.2) is 24.3 Å². The second-order valence-electron chi connectivity index (χ2n) is 2.62. The van der Waals surface area contributed by atoms with Crippen LogP contribution >= 0.6 is 0 Å². The lowest BCUT2D eigenvalue weighted by Gasteiger charge is -1.96. The van der Waals surface area contributed by atoms with Gasteiger partial charge < -0.3 is 5.73 Å². The van der Waals surface area contributed by atoms with Crippen LogP contribution in [-0.2, 0) is 11.2 Å². The van der Waals surface area contributed by atoms with Gasteiger partial charge in [0.25, 0.3) is 0 Å². The molecule has 0 bridgehead atoms. The molecule has 1 aromatic carbocycles. The molecule has 0 saturated carbocycles. The van der Waals surface area contributed by atoms with Crippen LogP contribution < -0.4 is 5.73 Å². The normalized spacial score (nSPS) is 8.54. The summed E-state index contributed by atoms with van der Waals surface area (Å²) in [6.45, 7) is 5.58. The zero-order valence-electron chi connectivity index (χ0n) is 8.50. The summed E-state index contributed by atoms with van der Waals surface area (Å²) < 4.78 is 0. The Morgan fingerprint density at radius 1 is 1.23 bits per heavy atom. The minimum Gasteiger partial charge on any atom is -0.399 e. The zero-order chi connectivity index (χ0) is 10.3. The van der Waals surface area contributed by atoms with Gasteiger partial charge in [0.1, 0.15) is 5.78 Å². The zero-order valence-corrected chi connectivity index (χ0v) is 8.50. The Labute approximate surface area is 79.8 Å². The molecule has 0 saturated heterocycles. The molecule has 0 radical (unpaired) electrons. The molecule has 0 aliphatic rings. The molecule has 1 rings (SSSR count). The van der Waals surface area contributed by atoms with Crippen LogP contribution in [0, 0.1) is 0 Å². The summed E-state index contributed by atoms with van der Waals surface area (Å²) in [5.41, 5.74) is 7.23. The Balaban J connectivity index is 0.000000671. The topological polar surface area (TPSA) is 43.1 Å². The molecule has 0 fully saturated rings. The first-order valence-electron chi connectivity index (χ1n) is 4.52. The summed E-state index contributed by atoms with van der Waals surface area (Å²) in [6.07, 6.45) is 0.500. The largest absolute Gasteiger partial charge is 0.399 e. The first-order chi connectivity index (χ1) is 6.18. The Kier molecular flexibility index (Phi) is 5.60. The van der Waals surface area contributed by atoms with Gasteiger partial charge in [0.15, 0.2) is 0 Å². The van der Waals surface area contributed by atoms with Gasteiger partial charge in [-0.15, -0.1) is 0 Å². The maximum Gasteiger partial charge on any atom is 0.134 e.